The van der Waals surface area contributed by atoms with Crippen LogP contribution in [-0.4, -0.2) is 203 Å². The highest BCUT2D eigenvalue weighted by Crippen LogP contribution is 2.29. The molecular formula is C87H113Cl4O24S6-. The largest absolute Gasteiger partial charge is 0.508 e. The van der Waals surface area contributed by atoms with Crippen molar-refractivity contribution in [2.24, 2.45) is 0 Å². The van der Waals surface area contributed by atoms with Crippen molar-refractivity contribution in [2.75, 3.05) is 140 Å². The Kier molecular flexibility index (Phi) is 67.6. The number of aliphatic hydroxyl groups is 2. The van der Waals surface area contributed by atoms with Gasteiger partial charge in [-0.1, -0.05) is 119 Å². The van der Waals surface area contributed by atoms with E-state index in [1.807, 2.05) is 160 Å². The molecule has 0 saturated carbocycles. The average Bonchev–Trinajstić information content (AvgIpc) is 0.872. The Morgan fingerprint density at radius 2 is 0.669 bits per heavy atom. The lowest BCUT2D eigenvalue weighted by atomic mass is 10.2. The molecule has 7 aromatic rings. The number of thioether (sulfide) groups is 2. The molecule has 0 fully saturated rings. The number of ether oxygens (including phenoxy) is 8. The first-order chi connectivity index (χ1) is 56.6. The van der Waals surface area contributed by atoms with E-state index in [9.17, 15) is 39.6 Å². The van der Waals surface area contributed by atoms with Gasteiger partial charge in [0.25, 0.3) is 30.4 Å². The number of halogens is 4. The third-order valence-electron chi connectivity index (χ3n) is 12.9. The van der Waals surface area contributed by atoms with Crippen molar-refractivity contribution in [1.82, 2.24) is 0 Å². The Labute approximate surface area is 749 Å². The lowest BCUT2D eigenvalue weighted by molar-refractivity contribution is -0.146. The van der Waals surface area contributed by atoms with Crippen molar-refractivity contribution in [2.45, 2.75) is 49.3 Å². The number of aryl methyl sites for hydroxylation is 3. The van der Waals surface area contributed by atoms with Gasteiger partial charge in [0.15, 0.2) is 19.8 Å². The van der Waals surface area contributed by atoms with Crippen LogP contribution in [0.4, 0.5) is 0 Å². The molecule has 4 N–H and O–H groups in total. The van der Waals surface area contributed by atoms with Gasteiger partial charge in [-0.15, -0.1) is 82.6 Å². The summed E-state index contributed by atoms with van der Waals surface area (Å²) in [6.07, 6.45) is 2.94. The van der Waals surface area contributed by atoms with Gasteiger partial charge >= 0.3 is 17.9 Å². The number of rotatable bonds is 41. The molecule has 0 unspecified atom stereocenters. The van der Waals surface area contributed by atoms with E-state index in [1.165, 1.54) is 0 Å². The standard InChI is InChI=1S/C21H24O4S.C19H20O4S.C11H14O3S.C10H11ClO.C6H6O.3C5H9ClO3S.C4H8O2.CH3/c1-4-23-21(22)14-25-20-11-10-19(12-17(20)3)26-15-16(2)13-24-18-8-6-5-7-9-18;1-14(11-22-16-6-4-3-5-7-16)13-24-17-8-9-18(15(2)10-17)23-12-19(20)21;1-3-13-11(12)7-14-10-5-4-9(15)6-8(10)2;1-9(7-11)8-12-10-5-3-2-4-6-10;7-6-4-2-1-3-5-6;3*1-5(3-6)4-9-10(2,7)8;1-4(2-5)3-6;/h5-12H,2,4,13-15H2,1,3H3;3-10H,1,11-13H2,2H3,(H,20,21);4-6,15H,3,7H2,1-2H3;2-6H,1,7-8H2;1-5,7H;3*1,3-4H2,2H3;5-6H,1-3H2;1H3/q;;;;;;;;;-1. The van der Waals surface area contributed by atoms with Gasteiger partial charge in [0.2, 0.25) is 0 Å². The van der Waals surface area contributed by atoms with Gasteiger partial charge in [0.05, 0.1) is 65.0 Å². The third-order valence-corrected chi connectivity index (χ3v) is 18.6. The zero-order valence-electron chi connectivity index (χ0n) is 69.6. The van der Waals surface area contributed by atoms with Crippen LogP contribution in [0.2, 0.25) is 0 Å². The summed E-state index contributed by atoms with van der Waals surface area (Å²) < 4.78 is 118. The number of alkyl halides is 4. The molecule has 0 spiro atoms. The van der Waals surface area contributed by atoms with Crippen LogP contribution in [-0.2, 0) is 66.8 Å². The minimum Gasteiger partial charge on any atom is -0.508 e. The van der Waals surface area contributed by atoms with Gasteiger partial charge in [0, 0.05) is 49.7 Å². The zero-order chi connectivity index (χ0) is 90.9. The average molecular weight is 1880 g/mol. The van der Waals surface area contributed by atoms with Crippen LogP contribution >= 0.6 is 82.6 Å². The van der Waals surface area contributed by atoms with E-state index in [0.29, 0.717) is 84.2 Å². The van der Waals surface area contributed by atoms with Crippen molar-refractivity contribution >= 4 is 131 Å². The maximum atomic E-state index is 11.4. The van der Waals surface area contributed by atoms with E-state index in [1.54, 1.807) is 73.8 Å². The van der Waals surface area contributed by atoms with Crippen molar-refractivity contribution in [1.29, 1.82) is 0 Å². The van der Waals surface area contributed by atoms with Gasteiger partial charge in [-0.25, -0.2) is 14.4 Å². The molecule has 0 atom stereocenters. The maximum absolute atomic E-state index is 11.4. The van der Waals surface area contributed by atoms with E-state index in [4.69, 9.17) is 105 Å². The molecule has 0 amide bonds. The molecule has 0 aromatic heterocycles. The number of thiol groups is 1. The van der Waals surface area contributed by atoms with E-state index in [0.717, 1.165) is 95.6 Å². The molecule has 24 nitrogen and oxygen atoms in total. The number of benzene rings is 7. The predicted molar refractivity (Wildman–Crippen MR) is 493 cm³/mol. The predicted octanol–water partition coefficient (Wildman–Crippen LogP) is 17.6. The van der Waals surface area contributed by atoms with Crippen molar-refractivity contribution in [3.63, 3.8) is 0 Å². The topological polar surface area (TPSA) is 336 Å². The quantitative estimate of drug-likeness (QED) is 0.00452. The lowest BCUT2D eigenvalue weighted by Crippen LogP contribution is -2.14. The highest BCUT2D eigenvalue weighted by molar-refractivity contribution is 7.99. The van der Waals surface area contributed by atoms with Crippen LogP contribution in [0.1, 0.15) is 30.5 Å². The maximum Gasteiger partial charge on any atom is 0.344 e. The summed E-state index contributed by atoms with van der Waals surface area (Å²) in [5.74, 6) is 5.74. The number of para-hydroxylation sites is 4. The summed E-state index contributed by atoms with van der Waals surface area (Å²) in [7, 11) is -10.0. The summed E-state index contributed by atoms with van der Waals surface area (Å²) in [4.78, 5) is 36.0. The second kappa shape index (κ2) is 70.0. The number of aliphatic hydroxyl groups excluding tert-OH is 2. The summed E-state index contributed by atoms with van der Waals surface area (Å²) in [6.45, 7) is 36.2. The number of aromatic hydroxyl groups is 1. The normalized spacial score (nSPS) is 10.1. The minimum atomic E-state index is -3.35. The van der Waals surface area contributed by atoms with Crippen LogP contribution in [0.5, 0.6) is 40.2 Å². The number of hydrogen-bond donors (Lipinski definition) is 5. The molecule has 0 aliphatic rings. The van der Waals surface area contributed by atoms with E-state index < -0.39 is 36.3 Å². The first-order valence-corrected chi connectivity index (χ1v) is 45.8. The highest BCUT2D eigenvalue weighted by atomic mass is 35.5. The molecule has 7 rings (SSSR count). The van der Waals surface area contributed by atoms with Crippen molar-refractivity contribution in [3.8, 4) is 40.2 Å². The molecular weight excluding hydrogens is 1760 g/mol. The SMILES string of the molecule is C=C(CCl)COS(C)(=O)=O.C=C(CCl)COS(C)(=O)=O.C=C(CCl)COS(C)(=O)=O.C=C(CCl)COc1ccccc1.C=C(CO)CO.C=C(COc1ccccc1)CSc1ccc(OCC(=O)O)c(C)c1.C=C(COc1ccccc1)CSc1ccc(OCC(=O)OCC)c(C)c1.CCOC(=O)COc1ccc(S)cc1C.Oc1ccccc1.[CH3-]. The molecule has 0 bridgehead atoms. The Morgan fingerprint density at radius 1 is 0.388 bits per heavy atom. The Bertz CT molecular complexity index is 4410. The number of carbonyl (C=O) groups is 3. The van der Waals surface area contributed by atoms with Crippen molar-refractivity contribution in [3.05, 3.63) is 285 Å². The Hall–Kier alpha value is -8.41. The number of hydrogen-bond acceptors (Lipinski definition) is 26. The molecule has 0 aliphatic heterocycles. The van der Waals surface area contributed by atoms with Gasteiger partial charge in [-0.3, -0.25) is 12.5 Å². The number of phenols is 1. The molecule has 0 radical (unpaired) electrons. The van der Waals surface area contributed by atoms with Crippen LogP contribution in [0.15, 0.2) is 276 Å². The summed E-state index contributed by atoms with van der Waals surface area (Å²) in [5.41, 5.74) is 7.83. The smallest absolute Gasteiger partial charge is 0.344 e. The zero-order valence-corrected chi connectivity index (χ0v) is 77.6. The molecule has 0 heterocycles. The summed E-state index contributed by atoms with van der Waals surface area (Å²) in [6, 6.07) is 54.7. The number of aliphatic carboxylic acids is 1. The fraction of sp³-hybridized carbons (Fsp3) is 0.310. The Morgan fingerprint density at radius 3 is 0.917 bits per heavy atom. The van der Waals surface area contributed by atoms with Gasteiger partial charge in [0.1, 0.15) is 60.1 Å². The van der Waals surface area contributed by atoms with Crippen LogP contribution in [0.25, 0.3) is 0 Å². The minimum absolute atomic E-state index is 0. The van der Waals surface area contributed by atoms with Crippen LogP contribution < -0.4 is 28.4 Å². The van der Waals surface area contributed by atoms with E-state index in [-0.39, 0.29) is 89.9 Å². The number of carboxylic acids is 1. The second-order valence-electron chi connectivity index (χ2n) is 24.4. The monoisotopic (exact) mass is 1870 g/mol. The third kappa shape index (κ3) is 69.8. The van der Waals surface area contributed by atoms with E-state index >= 15 is 0 Å². The highest BCUT2D eigenvalue weighted by Gasteiger charge is 2.11. The van der Waals surface area contributed by atoms with Gasteiger partial charge in [-0.05, 0) is 193 Å². The van der Waals surface area contributed by atoms with E-state index in [2.05, 4.69) is 71.2 Å². The number of phenolic OH excluding ortho intramolecular Hbond substituents is 1. The molecule has 34 heteroatoms. The fourth-order valence-electron chi connectivity index (χ4n) is 7.12. The number of carboxylic acid groups (broad SMARTS) is 1. The van der Waals surface area contributed by atoms with Gasteiger partial charge in [-0.2, -0.15) is 25.3 Å². The fourth-order valence-corrected chi connectivity index (χ4v) is 10.6. The second-order valence-corrected chi connectivity index (χ2v) is 33.0. The van der Waals surface area contributed by atoms with Crippen LogP contribution in [0.3, 0.4) is 0 Å². The summed E-state index contributed by atoms with van der Waals surface area (Å²) in [5, 5.41) is 33.4. The summed E-state index contributed by atoms with van der Waals surface area (Å²) >= 11 is 29.0. The first kappa shape index (κ1) is 117. The van der Waals surface area contributed by atoms with Crippen LogP contribution in [0, 0.1) is 28.2 Å². The number of esters is 2. The van der Waals surface area contributed by atoms with Gasteiger partial charge < -0.3 is 65.7 Å². The molecule has 0 aliphatic carbocycles. The lowest BCUT2D eigenvalue weighted by Gasteiger charge is -2.11. The molecule has 121 heavy (non-hydrogen) atoms. The Balaban J connectivity index is -0.00000135. The first-order valence-electron chi connectivity index (χ1n) is 35.8. The molecule has 7 aromatic carbocycles. The number of carbonyl (C=O) groups excluding carboxylic acids is 2. The molecule has 0 saturated heterocycles. The molecule has 670 valence electrons. The van der Waals surface area contributed by atoms with Crippen molar-refractivity contribution < 1.29 is 111 Å².